The Morgan fingerprint density at radius 3 is 2.26 bits per heavy atom. The van der Waals surface area contributed by atoms with Gasteiger partial charge in [0.25, 0.3) is 0 Å². The summed E-state index contributed by atoms with van der Waals surface area (Å²) in [7, 11) is 0. The van der Waals surface area contributed by atoms with Crippen molar-refractivity contribution in [3.05, 3.63) is 77.4 Å². The maximum absolute atomic E-state index is 11.8. The molecule has 23 heavy (non-hydrogen) atoms. The molecular weight excluding hydrogens is 286 g/mol. The number of nitrogens with one attached hydrogen (secondary N) is 1. The highest BCUT2D eigenvalue weighted by Gasteiger charge is 2.09. The Balaban J connectivity index is 1.85. The van der Waals surface area contributed by atoms with E-state index in [-0.39, 0.29) is 12.5 Å². The van der Waals surface area contributed by atoms with Crippen LogP contribution < -0.4 is 5.32 Å². The first kappa shape index (κ1) is 17.0. The van der Waals surface area contributed by atoms with E-state index in [1.807, 2.05) is 54.6 Å². The first-order chi connectivity index (χ1) is 11.1. The summed E-state index contributed by atoms with van der Waals surface area (Å²) >= 11 is 0. The van der Waals surface area contributed by atoms with Crippen LogP contribution in [-0.2, 0) is 4.79 Å². The van der Waals surface area contributed by atoms with Gasteiger partial charge in [0, 0.05) is 12.6 Å². The second kappa shape index (κ2) is 8.30. The Morgan fingerprint density at radius 1 is 1.04 bits per heavy atom. The van der Waals surface area contributed by atoms with Crippen molar-refractivity contribution in [1.82, 2.24) is 5.32 Å². The predicted molar refractivity (Wildman–Crippen MR) is 94.0 cm³/mol. The summed E-state index contributed by atoms with van der Waals surface area (Å²) in [6.07, 6.45) is 2.52. The van der Waals surface area contributed by atoms with Gasteiger partial charge in [-0.15, -0.1) is 0 Å². The Labute approximate surface area is 137 Å². The van der Waals surface area contributed by atoms with Gasteiger partial charge in [0.2, 0.25) is 5.91 Å². The molecule has 1 atom stereocenters. The Kier molecular flexibility index (Phi) is 6.12. The highest BCUT2D eigenvalue weighted by Crippen LogP contribution is 2.18. The molecule has 3 heteroatoms. The monoisotopic (exact) mass is 309 g/mol. The lowest BCUT2D eigenvalue weighted by atomic mass is 10.00. The number of hydrogen-bond donors (Lipinski definition) is 2. The van der Waals surface area contributed by atoms with E-state index >= 15 is 0 Å². The van der Waals surface area contributed by atoms with Gasteiger partial charge in [-0.1, -0.05) is 68.4 Å². The minimum absolute atomic E-state index is 0.193. The van der Waals surface area contributed by atoms with Gasteiger partial charge < -0.3 is 10.4 Å². The molecule has 0 spiro atoms. The van der Waals surface area contributed by atoms with Crippen molar-refractivity contribution in [3.8, 4) is 0 Å². The van der Waals surface area contributed by atoms with Crippen molar-refractivity contribution < 1.29 is 9.90 Å². The van der Waals surface area contributed by atoms with Gasteiger partial charge in [0.1, 0.15) is 0 Å². The van der Waals surface area contributed by atoms with Gasteiger partial charge in [0.15, 0.2) is 0 Å². The maximum atomic E-state index is 11.8. The molecule has 3 nitrogen and oxygen atoms in total. The lowest BCUT2D eigenvalue weighted by Gasteiger charge is -2.13. The van der Waals surface area contributed by atoms with E-state index in [0.717, 1.165) is 11.1 Å². The SMILES string of the molecule is CC(C)c1ccc(C(O)CNC(=O)/C=C/c2ccccc2)cc1. The number of carbonyl (C=O) groups is 1. The van der Waals surface area contributed by atoms with Crippen LogP contribution in [0.3, 0.4) is 0 Å². The van der Waals surface area contributed by atoms with Crippen molar-refractivity contribution >= 4 is 12.0 Å². The third-order valence-corrected chi connectivity index (χ3v) is 3.68. The molecule has 1 amide bonds. The summed E-state index contributed by atoms with van der Waals surface area (Å²) in [6, 6.07) is 17.5. The fourth-order valence-corrected chi connectivity index (χ4v) is 2.21. The van der Waals surface area contributed by atoms with Crippen LogP contribution in [0.2, 0.25) is 0 Å². The number of rotatable bonds is 6. The smallest absolute Gasteiger partial charge is 0.244 e. The normalized spacial score (nSPS) is 12.5. The number of amides is 1. The van der Waals surface area contributed by atoms with Gasteiger partial charge in [-0.05, 0) is 28.7 Å². The highest BCUT2D eigenvalue weighted by atomic mass is 16.3. The van der Waals surface area contributed by atoms with Crippen molar-refractivity contribution in [1.29, 1.82) is 0 Å². The van der Waals surface area contributed by atoms with E-state index in [4.69, 9.17) is 0 Å². The van der Waals surface area contributed by atoms with Crippen molar-refractivity contribution in [2.45, 2.75) is 25.9 Å². The van der Waals surface area contributed by atoms with Crippen molar-refractivity contribution in [2.75, 3.05) is 6.54 Å². The number of aliphatic hydroxyl groups excluding tert-OH is 1. The van der Waals surface area contributed by atoms with Crippen LogP contribution in [0.4, 0.5) is 0 Å². The summed E-state index contributed by atoms with van der Waals surface area (Å²) in [4.78, 5) is 11.8. The van der Waals surface area contributed by atoms with Gasteiger partial charge in [-0.25, -0.2) is 0 Å². The fraction of sp³-hybridized carbons (Fsp3) is 0.250. The molecule has 0 saturated heterocycles. The average Bonchev–Trinajstić information content (AvgIpc) is 2.58. The largest absolute Gasteiger partial charge is 0.387 e. The summed E-state index contributed by atoms with van der Waals surface area (Å²) in [5, 5.41) is 12.9. The van der Waals surface area contributed by atoms with Crippen molar-refractivity contribution in [3.63, 3.8) is 0 Å². The van der Waals surface area contributed by atoms with Crippen LogP contribution in [0.25, 0.3) is 6.08 Å². The molecule has 0 radical (unpaired) electrons. The lowest BCUT2D eigenvalue weighted by Crippen LogP contribution is -2.26. The van der Waals surface area contributed by atoms with E-state index in [1.165, 1.54) is 11.6 Å². The highest BCUT2D eigenvalue weighted by molar-refractivity contribution is 5.91. The fourth-order valence-electron chi connectivity index (χ4n) is 2.21. The molecular formula is C20H23NO2. The maximum Gasteiger partial charge on any atom is 0.244 e. The molecule has 2 N–H and O–H groups in total. The first-order valence-corrected chi connectivity index (χ1v) is 7.85. The van der Waals surface area contributed by atoms with E-state index in [2.05, 4.69) is 19.2 Å². The zero-order chi connectivity index (χ0) is 16.7. The molecule has 120 valence electrons. The molecule has 1 unspecified atom stereocenters. The quantitative estimate of drug-likeness (QED) is 0.800. The van der Waals surface area contributed by atoms with E-state index in [1.54, 1.807) is 6.08 Å². The number of benzene rings is 2. The second-order valence-corrected chi connectivity index (χ2v) is 5.83. The van der Waals surface area contributed by atoms with Gasteiger partial charge >= 0.3 is 0 Å². The van der Waals surface area contributed by atoms with Crippen molar-refractivity contribution in [2.24, 2.45) is 0 Å². The summed E-state index contributed by atoms with van der Waals surface area (Å²) in [6.45, 7) is 4.45. The molecule has 2 rings (SSSR count). The zero-order valence-electron chi connectivity index (χ0n) is 13.6. The number of hydrogen-bond acceptors (Lipinski definition) is 2. The molecule has 0 saturated carbocycles. The van der Waals surface area contributed by atoms with Crippen LogP contribution in [0.1, 0.15) is 42.6 Å². The third kappa shape index (κ3) is 5.38. The Hall–Kier alpha value is -2.39. The topological polar surface area (TPSA) is 49.3 Å². The van der Waals surface area contributed by atoms with Gasteiger partial charge in [0.05, 0.1) is 6.10 Å². The van der Waals surface area contributed by atoms with E-state index < -0.39 is 6.10 Å². The number of carbonyl (C=O) groups excluding carboxylic acids is 1. The standard InChI is InChI=1S/C20H23NO2/c1-15(2)17-9-11-18(12-10-17)19(22)14-21-20(23)13-8-16-6-4-3-5-7-16/h3-13,15,19,22H,14H2,1-2H3,(H,21,23)/b13-8+. The minimum atomic E-state index is -0.703. The van der Waals surface area contributed by atoms with E-state index in [9.17, 15) is 9.90 Å². The van der Waals surface area contributed by atoms with Gasteiger partial charge in [-0.3, -0.25) is 4.79 Å². The first-order valence-electron chi connectivity index (χ1n) is 7.85. The van der Waals surface area contributed by atoms with Crippen LogP contribution >= 0.6 is 0 Å². The number of aliphatic hydroxyl groups is 1. The second-order valence-electron chi connectivity index (χ2n) is 5.83. The Bertz CT molecular complexity index is 645. The van der Waals surface area contributed by atoms with Crippen LogP contribution in [0, 0.1) is 0 Å². The molecule has 0 aliphatic rings. The molecule has 0 bridgehead atoms. The molecule has 0 heterocycles. The van der Waals surface area contributed by atoms with Gasteiger partial charge in [-0.2, -0.15) is 0 Å². The summed E-state index contributed by atoms with van der Waals surface area (Å²) in [5.41, 5.74) is 3.00. The van der Waals surface area contributed by atoms with E-state index in [0.29, 0.717) is 5.92 Å². The molecule has 2 aromatic rings. The lowest BCUT2D eigenvalue weighted by molar-refractivity contribution is -0.116. The predicted octanol–water partition coefficient (Wildman–Crippen LogP) is 3.67. The third-order valence-electron chi connectivity index (χ3n) is 3.68. The zero-order valence-corrected chi connectivity index (χ0v) is 13.6. The summed E-state index contributed by atoms with van der Waals surface area (Å²) < 4.78 is 0. The molecule has 0 aliphatic heterocycles. The summed E-state index contributed by atoms with van der Waals surface area (Å²) in [5.74, 6) is 0.246. The molecule has 0 aromatic heterocycles. The van der Waals surface area contributed by atoms with Crippen LogP contribution in [0.5, 0.6) is 0 Å². The van der Waals surface area contributed by atoms with Crippen LogP contribution in [-0.4, -0.2) is 17.6 Å². The average molecular weight is 309 g/mol. The molecule has 0 fully saturated rings. The van der Waals surface area contributed by atoms with Crippen LogP contribution in [0.15, 0.2) is 60.7 Å². The molecule has 0 aliphatic carbocycles. The Morgan fingerprint density at radius 2 is 1.65 bits per heavy atom. The minimum Gasteiger partial charge on any atom is -0.387 e. The molecule has 2 aromatic carbocycles.